The minimum Gasteiger partial charge on any atom is -0.489 e. The quantitative estimate of drug-likeness (QED) is 0.808. The van der Waals surface area contributed by atoms with Crippen molar-refractivity contribution in [2.75, 3.05) is 32.1 Å². The Morgan fingerprint density at radius 1 is 1.47 bits per heavy atom. The van der Waals surface area contributed by atoms with Gasteiger partial charge in [0.25, 0.3) is 0 Å². The molecule has 1 N–H and O–H groups in total. The number of para-hydroxylation sites is 1. The molecular weight excluding hydrogens is 212 g/mol. The number of likely N-dealkylation sites (N-methyl/N-ethyl adjacent to an activating group) is 1. The molecule has 1 unspecified atom stereocenters. The first kappa shape index (κ1) is 12.2. The van der Waals surface area contributed by atoms with Crippen LogP contribution in [0, 0.1) is 6.92 Å². The number of nitrogens with one attached hydrogen (secondary N) is 1. The maximum Gasteiger partial charge on any atom is 0.142 e. The van der Waals surface area contributed by atoms with Gasteiger partial charge in [-0.05, 0) is 45.0 Å². The van der Waals surface area contributed by atoms with Crippen LogP contribution in [-0.2, 0) is 0 Å². The van der Waals surface area contributed by atoms with Gasteiger partial charge in [-0.25, -0.2) is 0 Å². The van der Waals surface area contributed by atoms with Crippen LogP contribution in [0.25, 0.3) is 0 Å². The van der Waals surface area contributed by atoms with Crippen molar-refractivity contribution in [2.24, 2.45) is 0 Å². The molecule has 0 amide bonds. The lowest BCUT2D eigenvalue weighted by molar-refractivity contribution is 0.257. The molecule has 0 spiro atoms. The second kappa shape index (κ2) is 5.41. The van der Waals surface area contributed by atoms with Crippen LogP contribution in [0.1, 0.15) is 18.4 Å². The molecule has 1 aliphatic heterocycles. The Morgan fingerprint density at radius 2 is 2.29 bits per heavy atom. The predicted octanol–water partition coefficient (Wildman–Crippen LogP) is 2.19. The normalized spacial score (nSPS) is 18.8. The maximum absolute atomic E-state index is 5.86. The van der Waals surface area contributed by atoms with Crippen molar-refractivity contribution < 1.29 is 4.74 Å². The molecule has 1 atom stereocenters. The molecule has 1 aromatic rings. The number of hydrogen-bond donors (Lipinski definition) is 1. The number of nitrogens with zero attached hydrogens (tertiary/aromatic N) is 1. The van der Waals surface area contributed by atoms with Crippen LogP contribution >= 0.6 is 0 Å². The summed E-state index contributed by atoms with van der Waals surface area (Å²) in [7, 11) is 4.18. The van der Waals surface area contributed by atoms with Crippen LogP contribution in [0.5, 0.6) is 5.75 Å². The summed E-state index contributed by atoms with van der Waals surface area (Å²) < 4.78 is 5.86. The topological polar surface area (TPSA) is 24.5 Å². The Hall–Kier alpha value is -1.22. The summed E-state index contributed by atoms with van der Waals surface area (Å²) in [5.74, 6) is 1.03. The van der Waals surface area contributed by atoms with Crippen molar-refractivity contribution >= 4 is 5.69 Å². The second-order valence-corrected chi connectivity index (χ2v) is 4.74. The van der Waals surface area contributed by atoms with Crippen LogP contribution in [0.15, 0.2) is 18.2 Å². The Labute approximate surface area is 104 Å². The molecule has 3 heteroatoms. The lowest BCUT2D eigenvalue weighted by Gasteiger charge is -2.37. The largest absolute Gasteiger partial charge is 0.489 e. The number of hydrogen-bond acceptors (Lipinski definition) is 3. The molecule has 2 rings (SSSR count). The first-order chi connectivity index (χ1) is 8.24. The summed E-state index contributed by atoms with van der Waals surface area (Å²) in [6, 6.07) is 6.76. The van der Waals surface area contributed by atoms with E-state index in [2.05, 4.69) is 42.4 Å². The molecular formula is C14H22N2O. The van der Waals surface area contributed by atoms with Gasteiger partial charge in [-0.2, -0.15) is 0 Å². The molecule has 0 radical (unpaired) electrons. The van der Waals surface area contributed by atoms with Crippen molar-refractivity contribution in [1.29, 1.82) is 0 Å². The van der Waals surface area contributed by atoms with Gasteiger partial charge in [-0.3, -0.25) is 0 Å². The van der Waals surface area contributed by atoms with Gasteiger partial charge < -0.3 is 15.0 Å². The average molecular weight is 234 g/mol. The van der Waals surface area contributed by atoms with Gasteiger partial charge in [0.15, 0.2) is 0 Å². The summed E-state index contributed by atoms with van der Waals surface area (Å²) in [6.07, 6.45) is 2.36. The Balaban J connectivity index is 2.09. The fraction of sp³-hybridized carbons (Fsp3) is 0.571. The lowest BCUT2D eigenvalue weighted by Crippen LogP contribution is -2.41. The average Bonchev–Trinajstić information content (AvgIpc) is 2.32. The highest BCUT2D eigenvalue weighted by Gasteiger charge is 2.25. The van der Waals surface area contributed by atoms with Crippen LogP contribution in [0.2, 0.25) is 0 Å². The zero-order chi connectivity index (χ0) is 12.3. The van der Waals surface area contributed by atoms with E-state index < -0.39 is 0 Å². The summed E-state index contributed by atoms with van der Waals surface area (Å²) >= 11 is 0. The fourth-order valence-corrected chi connectivity index (χ4v) is 2.47. The number of anilines is 1. The van der Waals surface area contributed by atoms with Gasteiger partial charge in [0, 0.05) is 7.05 Å². The second-order valence-electron chi connectivity index (χ2n) is 4.74. The molecule has 94 valence electrons. The van der Waals surface area contributed by atoms with Gasteiger partial charge in [0.05, 0.1) is 11.7 Å². The third-order valence-corrected chi connectivity index (χ3v) is 3.50. The van der Waals surface area contributed by atoms with Crippen LogP contribution in [-0.4, -0.2) is 33.3 Å². The highest BCUT2D eigenvalue weighted by Crippen LogP contribution is 2.36. The van der Waals surface area contributed by atoms with E-state index in [4.69, 9.17) is 4.74 Å². The van der Waals surface area contributed by atoms with Crippen LogP contribution < -0.4 is 15.0 Å². The molecule has 0 aromatic heterocycles. The molecule has 0 saturated heterocycles. The lowest BCUT2D eigenvalue weighted by atomic mass is 10.1. The SMILES string of the molecule is CNCCCC1COc2cccc(C)c2N1C. The molecule has 0 bridgehead atoms. The van der Waals surface area contributed by atoms with E-state index in [1.54, 1.807) is 0 Å². The van der Waals surface area contributed by atoms with Gasteiger partial charge in [-0.15, -0.1) is 0 Å². The van der Waals surface area contributed by atoms with E-state index in [0.29, 0.717) is 6.04 Å². The number of ether oxygens (including phenoxy) is 1. The van der Waals surface area contributed by atoms with E-state index in [0.717, 1.165) is 18.9 Å². The highest BCUT2D eigenvalue weighted by molar-refractivity contribution is 5.64. The van der Waals surface area contributed by atoms with E-state index >= 15 is 0 Å². The molecule has 1 heterocycles. The Morgan fingerprint density at radius 3 is 3.06 bits per heavy atom. The zero-order valence-corrected chi connectivity index (χ0v) is 11.0. The van der Waals surface area contributed by atoms with Gasteiger partial charge in [0.2, 0.25) is 0 Å². The standard InChI is InChI=1S/C14H22N2O/c1-11-6-4-8-13-14(11)16(3)12(10-17-13)7-5-9-15-2/h4,6,8,12,15H,5,7,9-10H2,1-3H3. The van der Waals surface area contributed by atoms with E-state index in [-0.39, 0.29) is 0 Å². The number of fused-ring (bicyclic) bond motifs is 1. The molecule has 1 aromatic carbocycles. The first-order valence-corrected chi connectivity index (χ1v) is 6.34. The third-order valence-electron chi connectivity index (χ3n) is 3.50. The van der Waals surface area contributed by atoms with E-state index in [1.165, 1.54) is 24.1 Å². The van der Waals surface area contributed by atoms with Crippen LogP contribution in [0.3, 0.4) is 0 Å². The predicted molar refractivity (Wildman–Crippen MR) is 72.0 cm³/mol. The summed E-state index contributed by atoms with van der Waals surface area (Å²) in [5.41, 5.74) is 2.55. The summed E-state index contributed by atoms with van der Waals surface area (Å²) in [5, 5.41) is 3.19. The monoisotopic (exact) mass is 234 g/mol. The molecule has 17 heavy (non-hydrogen) atoms. The first-order valence-electron chi connectivity index (χ1n) is 6.34. The minimum absolute atomic E-state index is 0.497. The molecule has 0 aliphatic carbocycles. The number of benzene rings is 1. The Kier molecular flexibility index (Phi) is 3.89. The van der Waals surface area contributed by atoms with Crippen molar-refractivity contribution in [2.45, 2.75) is 25.8 Å². The minimum atomic E-state index is 0.497. The summed E-state index contributed by atoms with van der Waals surface area (Å²) in [6.45, 7) is 4.02. The smallest absolute Gasteiger partial charge is 0.142 e. The van der Waals surface area contributed by atoms with Gasteiger partial charge >= 0.3 is 0 Å². The highest BCUT2D eigenvalue weighted by atomic mass is 16.5. The Bertz CT molecular complexity index is 378. The molecule has 0 fully saturated rings. The molecule has 3 nitrogen and oxygen atoms in total. The van der Waals surface area contributed by atoms with Crippen molar-refractivity contribution in [3.05, 3.63) is 23.8 Å². The molecule has 1 aliphatic rings. The fourth-order valence-electron chi connectivity index (χ4n) is 2.47. The van der Waals surface area contributed by atoms with Crippen molar-refractivity contribution in [1.82, 2.24) is 5.32 Å². The van der Waals surface area contributed by atoms with Gasteiger partial charge in [-0.1, -0.05) is 12.1 Å². The van der Waals surface area contributed by atoms with Gasteiger partial charge in [0.1, 0.15) is 12.4 Å². The van der Waals surface area contributed by atoms with Crippen molar-refractivity contribution in [3.63, 3.8) is 0 Å². The van der Waals surface area contributed by atoms with E-state index in [9.17, 15) is 0 Å². The third kappa shape index (κ3) is 2.55. The number of aryl methyl sites for hydroxylation is 1. The maximum atomic E-state index is 5.86. The van der Waals surface area contributed by atoms with E-state index in [1.807, 2.05) is 7.05 Å². The number of rotatable bonds is 4. The molecule has 0 saturated carbocycles. The zero-order valence-electron chi connectivity index (χ0n) is 11.0. The summed E-state index contributed by atoms with van der Waals surface area (Å²) in [4.78, 5) is 2.38. The van der Waals surface area contributed by atoms with Crippen molar-refractivity contribution in [3.8, 4) is 5.75 Å². The van der Waals surface area contributed by atoms with Crippen LogP contribution in [0.4, 0.5) is 5.69 Å².